The smallest absolute Gasteiger partial charge is 0.319 e. The normalized spacial score (nSPS) is 9.84. The molecule has 3 N–H and O–H groups in total. The Kier molecular flexibility index (Phi) is 5.81. The molecule has 19 heavy (non-hydrogen) atoms. The van der Waals surface area contributed by atoms with Crippen LogP contribution in [-0.2, 0) is 9.53 Å². The maximum atomic E-state index is 11.6. The summed E-state index contributed by atoms with van der Waals surface area (Å²) < 4.78 is 4.84. The Morgan fingerprint density at radius 2 is 2.00 bits per heavy atom. The van der Waals surface area contributed by atoms with Gasteiger partial charge in [0.15, 0.2) is 0 Å². The zero-order chi connectivity index (χ0) is 14.3. The van der Waals surface area contributed by atoms with E-state index in [0.717, 1.165) is 5.56 Å². The summed E-state index contributed by atoms with van der Waals surface area (Å²) in [6.07, 6.45) is 0. The Morgan fingerprint density at radius 1 is 1.26 bits per heavy atom. The van der Waals surface area contributed by atoms with Gasteiger partial charge in [0, 0.05) is 32.0 Å². The molecule has 0 unspecified atom stereocenters. The Labute approximate surface area is 112 Å². The van der Waals surface area contributed by atoms with Gasteiger partial charge in [-0.2, -0.15) is 0 Å². The first-order valence-electron chi connectivity index (χ1n) is 5.95. The third-order valence-electron chi connectivity index (χ3n) is 2.40. The van der Waals surface area contributed by atoms with Gasteiger partial charge >= 0.3 is 6.03 Å². The van der Waals surface area contributed by atoms with Gasteiger partial charge in [-0.05, 0) is 24.6 Å². The van der Waals surface area contributed by atoms with E-state index in [0.29, 0.717) is 24.5 Å². The van der Waals surface area contributed by atoms with Crippen LogP contribution in [0.4, 0.5) is 16.2 Å². The molecule has 0 aliphatic rings. The monoisotopic (exact) mass is 265 g/mol. The summed E-state index contributed by atoms with van der Waals surface area (Å²) in [5.74, 6) is -0.153. The molecule has 3 amide bonds. The molecular formula is C13H19N3O3. The van der Waals surface area contributed by atoms with Crippen LogP contribution in [0.1, 0.15) is 12.5 Å². The molecule has 0 aliphatic heterocycles. The Morgan fingerprint density at radius 3 is 2.63 bits per heavy atom. The molecular weight excluding hydrogens is 246 g/mol. The number of ether oxygens (including phenoxy) is 1. The molecule has 6 heteroatoms. The van der Waals surface area contributed by atoms with Crippen LogP contribution >= 0.6 is 0 Å². The average molecular weight is 265 g/mol. The van der Waals surface area contributed by atoms with Gasteiger partial charge in [-0.3, -0.25) is 4.79 Å². The summed E-state index contributed by atoms with van der Waals surface area (Å²) in [5.41, 5.74) is 2.21. The molecule has 0 spiro atoms. The molecule has 0 saturated heterocycles. The van der Waals surface area contributed by atoms with Crippen molar-refractivity contribution in [3.63, 3.8) is 0 Å². The first kappa shape index (κ1) is 15.0. The van der Waals surface area contributed by atoms with Crippen molar-refractivity contribution < 1.29 is 14.3 Å². The van der Waals surface area contributed by atoms with E-state index in [-0.39, 0.29) is 11.9 Å². The van der Waals surface area contributed by atoms with E-state index in [4.69, 9.17) is 4.74 Å². The zero-order valence-corrected chi connectivity index (χ0v) is 11.4. The highest BCUT2D eigenvalue weighted by atomic mass is 16.5. The molecule has 0 fully saturated rings. The summed E-state index contributed by atoms with van der Waals surface area (Å²) in [5, 5.41) is 8.05. The second-order valence-corrected chi connectivity index (χ2v) is 4.08. The van der Waals surface area contributed by atoms with E-state index in [9.17, 15) is 9.59 Å². The van der Waals surface area contributed by atoms with Crippen molar-refractivity contribution in [3.05, 3.63) is 23.8 Å². The number of aryl methyl sites for hydroxylation is 1. The fourth-order valence-corrected chi connectivity index (χ4v) is 1.47. The SMILES string of the molecule is COCCNC(=O)Nc1cc(NC(C)=O)ccc1C. The summed E-state index contributed by atoms with van der Waals surface area (Å²) in [6, 6.07) is 5.02. The van der Waals surface area contributed by atoms with E-state index >= 15 is 0 Å². The molecule has 0 aliphatic carbocycles. The van der Waals surface area contributed by atoms with Gasteiger partial charge in [-0.15, -0.1) is 0 Å². The van der Waals surface area contributed by atoms with E-state index in [1.54, 1.807) is 19.2 Å². The van der Waals surface area contributed by atoms with Crippen LogP contribution in [0.2, 0.25) is 0 Å². The predicted octanol–water partition coefficient (Wildman–Crippen LogP) is 1.72. The Balaban J connectivity index is 2.65. The molecule has 1 aromatic rings. The van der Waals surface area contributed by atoms with Crippen molar-refractivity contribution in [1.82, 2.24) is 5.32 Å². The number of benzene rings is 1. The maximum absolute atomic E-state index is 11.6. The minimum atomic E-state index is -0.305. The lowest BCUT2D eigenvalue weighted by Crippen LogP contribution is -2.31. The number of carbonyl (C=O) groups is 2. The third-order valence-corrected chi connectivity index (χ3v) is 2.40. The van der Waals surface area contributed by atoms with Crippen molar-refractivity contribution in [2.24, 2.45) is 0 Å². The minimum Gasteiger partial charge on any atom is -0.383 e. The minimum absolute atomic E-state index is 0.153. The van der Waals surface area contributed by atoms with Crippen LogP contribution in [0.15, 0.2) is 18.2 Å². The number of carbonyl (C=O) groups excluding carboxylic acids is 2. The molecule has 0 saturated carbocycles. The van der Waals surface area contributed by atoms with Crippen LogP contribution in [0.25, 0.3) is 0 Å². The van der Waals surface area contributed by atoms with E-state index < -0.39 is 0 Å². The van der Waals surface area contributed by atoms with Gasteiger partial charge in [0.1, 0.15) is 0 Å². The van der Waals surface area contributed by atoms with Crippen molar-refractivity contribution in [2.45, 2.75) is 13.8 Å². The standard InChI is InChI=1S/C13H19N3O3/c1-9-4-5-11(15-10(2)17)8-12(9)16-13(18)14-6-7-19-3/h4-5,8H,6-7H2,1-3H3,(H,15,17)(H2,14,16,18). The molecule has 6 nitrogen and oxygen atoms in total. The highest BCUT2D eigenvalue weighted by molar-refractivity contribution is 5.93. The third kappa shape index (κ3) is 5.39. The largest absolute Gasteiger partial charge is 0.383 e. The van der Waals surface area contributed by atoms with Gasteiger partial charge < -0.3 is 20.7 Å². The van der Waals surface area contributed by atoms with Crippen LogP contribution in [0, 0.1) is 6.92 Å². The molecule has 1 rings (SSSR count). The first-order chi connectivity index (χ1) is 9.02. The molecule has 104 valence electrons. The Bertz CT molecular complexity index is 460. The molecule has 0 aromatic heterocycles. The van der Waals surface area contributed by atoms with Crippen molar-refractivity contribution in [1.29, 1.82) is 0 Å². The number of nitrogens with one attached hydrogen (secondary N) is 3. The summed E-state index contributed by atoms with van der Waals surface area (Å²) >= 11 is 0. The lowest BCUT2D eigenvalue weighted by atomic mass is 10.2. The summed E-state index contributed by atoms with van der Waals surface area (Å²) in [6.45, 7) is 4.21. The average Bonchev–Trinajstić information content (AvgIpc) is 2.33. The van der Waals surface area contributed by atoms with E-state index in [2.05, 4.69) is 16.0 Å². The van der Waals surface area contributed by atoms with E-state index in [1.807, 2.05) is 13.0 Å². The quantitative estimate of drug-likeness (QED) is 0.709. The molecule has 0 radical (unpaired) electrons. The highest BCUT2D eigenvalue weighted by Gasteiger charge is 2.05. The number of rotatable bonds is 5. The number of methoxy groups -OCH3 is 1. The fraction of sp³-hybridized carbons (Fsp3) is 0.385. The Hall–Kier alpha value is -2.08. The number of anilines is 2. The van der Waals surface area contributed by atoms with Crippen LogP contribution in [-0.4, -0.2) is 32.2 Å². The number of hydrogen-bond acceptors (Lipinski definition) is 3. The molecule has 0 bridgehead atoms. The molecule has 0 atom stereocenters. The number of hydrogen-bond donors (Lipinski definition) is 3. The topological polar surface area (TPSA) is 79.5 Å². The predicted molar refractivity (Wildman–Crippen MR) is 74.4 cm³/mol. The fourth-order valence-electron chi connectivity index (χ4n) is 1.47. The lowest BCUT2D eigenvalue weighted by Gasteiger charge is -2.11. The molecule has 0 heterocycles. The maximum Gasteiger partial charge on any atom is 0.319 e. The lowest BCUT2D eigenvalue weighted by molar-refractivity contribution is -0.114. The number of urea groups is 1. The highest BCUT2D eigenvalue weighted by Crippen LogP contribution is 2.20. The summed E-state index contributed by atoms with van der Waals surface area (Å²) in [7, 11) is 1.57. The molecule has 1 aromatic carbocycles. The van der Waals surface area contributed by atoms with Gasteiger partial charge in [0.25, 0.3) is 0 Å². The van der Waals surface area contributed by atoms with Crippen LogP contribution < -0.4 is 16.0 Å². The zero-order valence-electron chi connectivity index (χ0n) is 11.4. The van der Waals surface area contributed by atoms with Gasteiger partial charge in [0.05, 0.1) is 6.61 Å². The van der Waals surface area contributed by atoms with Crippen LogP contribution in [0.5, 0.6) is 0 Å². The van der Waals surface area contributed by atoms with Gasteiger partial charge in [-0.1, -0.05) is 6.07 Å². The van der Waals surface area contributed by atoms with Crippen molar-refractivity contribution in [2.75, 3.05) is 30.9 Å². The van der Waals surface area contributed by atoms with Gasteiger partial charge in [-0.25, -0.2) is 4.79 Å². The van der Waals surface area contributed by atoms with Crippen molar-refractivity contribution >= 4 is 23.3 Å². The van der Waals surface area contributed by atoms with E-state index in [1.165, 1.54) is 6.92 Å². The first-order valence-corrected chi connectivity index (χ1v) is 5.95. The second kappa shape index (κ2) is 7.38. The van der Waals surface area contributed by atoms with Crippen LogP contribution in [0.3, 0.4) is 0 Å². The summed E-state index contributed by atoms with van der Waals surface area (Å²) in [4.78, 5) is 22.6. The second-order valence-electron chi connectivity index (χ2n) is 4.08. The van der Waals surface area contributed by atoms with Crippen molar-refractivity contribution in [3.8, 4) is 0 Å². The van der Waals surface area contributed by atoms with Gasteiger partial charge in [0.2, 0.25) is 5.91 Å². The number of amides is 3.